The lowest BCUT2D eigenvalue weighted by Crippen LogP contribution is -2.14. The molecular formula is C52H41ClN2O. The highest BCUT2D eigenvalue weighted by atomic mass is 35.5. The molecule has 0 spiro atoms. The van der Waals surface area contributed by atoms with Gasteiger partial charge in [0.2, 0.25) is 0 Å². The molecule has 272 valence electrons. The molecule has 0 saturated heterocycles. The van der Waals surface area contributed by atoms with Crippen LogP contribution < -0.4 is 4.90 Å². The zero-order chi connectivity index (χ0) is 38.8. The Morgan fingerprint density at radius 2 is 1.30 bits per heavy atom. The monoisotopic (exact) mass is 744 g/mol. The summed E-state index contributed by atoms with van der Waals surface area (Å²) in [5.74, 6) is 0.179. The highest BCUT2D eigenvalue weighted by Crippen LogP contribution is 2.55. The fraction of sp³-hybridized carbons (Fsp3) is 0.0577. The molecule has 4 heteroatoms. The fourth-order valence-electron chi connectivity index (χ4n) is 7.56. The van der Waals surface area contributed by atoms with Crippen LogP contribution in [0.5, 0.6) is 5.75 Å². The largest absolute Gasteiger partial charge is 0.507 e. The van der Waals surface area contributed by atoms with E-state index in [-0.39, 0.29) is 5.75 Å². The summed E-state index contributed by atoms with van der Waals surface area (Å²) >= 11 is 7.15. The number of para-hydroxylation sites is 4. The zero-order valence-corrected chi connectivity index (χ0v) is 32.4. The molecule has 0 fully saturated rings. The van der Waals surface area contributed by atoms with Crippen LogP contribution in [-0.4, -0.2) is 10.8 Å². The summed E-state index contributed by atoms with van der Waals surface area (Å²) in [6.07, 6.45) is 6.10. The maximum atomic E-state index is 11.0. The smallest absolute Gasteiger partial charge is 0.123 e. The molecule has 7 aromatic carbocycles. The third-order valence-corrected chi connectivity index (χ3v) is 10.8. The Balaban J connectivity index is 1.33. The number of nitrogens with zero attached hydrogens (tertiary/aromatic N) is 2. The van der Waals surface area contributed by atoms with Gasteiger partial charge in [-0.3, -0.25) is 4.99 Å². The first-order valence-corrected chi connectivity index (χ1v) is 19.2. The summed E-state index contributed by atoms with van der Waals surface area (Å²) < 4.78 is 0. The molecule has 0 aromatic heterocycles. The van der Waals surface area contributed by atoms with Crippen LogP contribution >= 0.6 is 11.6 Å². The van der Waals surface area contributed by atoms with Crippen molar-refractivity contribution in [1.82, 2.24) is 0 Å². The number of halogens is 1. The van der Waals surface area contributed by atoms with E-state index >= 15 is 0 Å². The molecule has 1 aliphatic heterocycles. The predicted octanol–water partition coefficient (Wildman–Crippen LogP) is 15.0. The van der Waals surface area contributed by atoms with Gasteiger partial charge in [-0.1, -0.05) is 158 Å². The number of hydrogen-bond donors (Lipinski definition) is 1. The third kappa shape index (κ3) is 6.79. The second-order valence-corrected chi connectivity index (χ2v) is 14.3. The van der Waals surface area contributed by atoms with Crippen molar-refractivity contribution in [1.29, 1.82) is 0 Å². The number of anilines is 3. The van der Waals surface area contributed by atoms with E-state index in [2.05, 4.69) is 135 Å². The lowest BCUT2D eigenvalue weighted by Gasteiger charge is -2.31. The number of aromatic hydroxyl groups is 1. The number of hydrogen-bond acceptors (Lipinski definition) is 3. The van der Waals surface area contributed by atoms with Crippen LogP contribution in [0.15, 0.2) is 188 Å². The average molecular weight is 745 g/mol. The summed E-state index contributed by atoms with van der Waals surface area (Å²) in [6, 6.07) is 54.0. The van der Waals surface area contributed by atoms with Crippen molar-refractivity contribution in [3.05, 3.63) is 210 Å². The first-order valence-electron chi connectivity index (χ1n) is 18.8. The number of fused-ring (bicyclic) bond motifs is 5. The Kier molecular flexibility index (Phi) is 10.1. The molecule has 0 saturated carbocycles. The van der Waals surface area contributed by atoms with Gasteiger partial charge in [0.25, 0.3) is 0 Å². The van der Waals surface area contributed by atoms with E-state index in [9.17, 15) is 5.11 Å². The lowest BCUT2D eigenvalue weighted by molar-refractivity contribution is 0.474. The third-order valence-electron chi connectivity index (χ3n) is 10.4. The normalized spacial score (nSPS) is 12.5. The van der Waals surface area contributed by atoms with Gasteiger partial charge in [0, 0.05) is 28.0 Å². The summed E-state index contributed by atoms with van der Waals surface area (Å²) in [6.45, 7) is 10.7. The van der Waals surface area contributed by atoms with Crippen molar-refractivity contribution >= 4 is 51.2 Å². The minimum absolute atomic E-state index is 0.179. The first kappa shape index (κ1) is 36.3. The van der Waals surface area contributed by atoms with E-state index in [0.29, 0.717) is 16.2 Å². The van der Waals surface area contributed by atoms with Crippen LogP contribution in [0.4, 0.5) is 22.7 Å². The van der Waals surface area contributed by atoms with Crippen molar-refractivity contribution < 1.29 is 5.11 Å². The molecule has 1 heterocycles. The molecule has 1 N–H and O–H groups in total. The van der Waals surface area contributed by atoms with Crippen LogP contribution in [0.3, 0.4) is 0 Å². The molecule has 0 radical (unpaired) electrons. The SMILES string of the molecule is C=C(/C(=C\C=C/C)c1cccc2c1N(c1ccccc1Cl)c1ccc(-c3ccc(/C(C)=N/c4ccccc4C)cc3)cc1-c1ccccc1-2)c1ccccc1O. The predicted molar refractivity (Wildman–Crippen MR) is 239 cm³/mol. The van der Waals surface area contributed by atoms with E-state index in [1.807, 2.05) is 67.6 Å². The van der Waals surface area contributed by atoms with Crippen LogP contribution in [0, 0.1) is 6.92 Å². The summed E-state index contributed by atoms with van der Waals surface area (Å²) in [5.41, 5.74) is 16.8. The van der Waals surface area contributed by atoms with Gasteiger partial charge < -0.3 is 10.0 Å². The molecule has 0 unspecified atom stereocenters. The Labute approximate surface area is 334 Å². The number of phenolic OH excluding ortho intramolecular Hbond substituents is 1. The van der Waals surface area contributed by atoms with Gasteiger partial charge in [0.15, 0.2) is 0 Å². The summed E-state index contributed by atoms with van der Waals surface area (Å²) in [5, 5.41) is 11.6. The number of aryl methyl sites for hydroxylation is 1. The maximum absolute atomic E-state index is 11.0. The first-order chi connectivity index (χ1) is 27.3. The standard InChI is InChI=1S/C52H41ClN2O/c1-5-6-17-40(35(3)41-18-10-14-26-51(41)56)44-21-15-22-45-42-19-8-9-20-43(42)46-33-39(31-32-49(46)55(52(44)45)50-25-13-11-23-47(50)53)38-29-27-37(28-30-38)36(4)54-48-24-12-7-16-34(48)2/h5-33,56H,3H2,1-2,4H3/b6-5-,40-17+,54-36+. The van der Waals surface area contributed by atoms with Crippen molar-refractivity contribution in [2.45, 2.75) is 20.8 Å². The molecule has 1 aliphatic rings. The minimum atomic E-state index is 0.179. The molecular weight excluding hydrogens is 704 g/mol. The maximum Gasteiger partial charge on any atom is 0.123 e. The molecule has 56 heavy (non-hydrogen) atoms. The van der Waals surface area contributed by atoms with E-state index < -0.39 is 0 Å². The Hall–Kier alpha value is -6.68. The van der Waals surface area contributed by atoms with Crippen molar-refractivity contribution in [2.75, 3.05) is 4.90 Å². The lowest BCUT2D eigenvalue weighted by atomic mass is 9.87. The number of rotatable bonds is 8. The molecule has 7 aromatic rings. The summed E-state index contributed by atoms with van der Waals surface area (Å²) in [7, 11) is 0. The topological polar surface area (TPSA) is 35.8 Å². The van der Waals surface area contributed by atoms with Crippen LogP contribution in [0.25, 0.3) is 44.5 Å². The quantitative estimate of drug-likeness (QED) is 0.124. The van der Waals surface area contributed by atoms with Gasteiger partial charge >= 0.3 is 0 Å². The number of benzene rings is 7. The molecule has 0 atom stereocenters. The second kappa shape index (κ2) is 15.6. The van der Waals surface area contributed by atoms with E-state index in [1.165, 1.54) is 0 Å². The minimum Gasteiger partial charge on any atom is -0.507 e. The van der Waals surface area contributed by atoms with Gasteiger partial charge in [0.05, 0.1) is 27.8 Å². The van der Waals surface area contributed by atoms with Gasteiger partial charge in [-0.15, -0.1) is 0 Å². The highest BCUT2D eigenvalue weighted by molar-refractivity contribution is 6.34. The molecule has 3 nitrogen and oxygen atoms in total. The Bertz CT molecular complexity index is 2720. The van der Waals surface area contributed by atoms with Crippen molar-refractivity contribution in [3.8, 4) is 39.1 Å². The number of allylic oxidation sites excluding steroid dienone is 5. The molecule has 8 rings (SSSR count). The average Bonchev–Trinajstić information content (AvgIpc) is 3.35. The van der Waals surface area contributed by atoms with Gasteiger partial charge in [-0.05, 0) is 102 Å². The Morgan fingerprint density at radius 3 is 2.05 bits per heavy atom. The van der Waals surface area contributed by atoms with Crippen LogP contribution in [-0.2, 0) is 0 Å². The molecule has 0 bridgehead atoms. The number of phenols is 1. The van der Waals surface area contributed by atoms with Gasteiger partial charge in [0.1, 0.15) is 5.75 Å². The molecule has 0 aliphatic carbocycles. The second-order valence-electron chi connectivity index (χ2n) is 13.9. The fourth-order valence-corrected chi connectivity index (χ4v) is 7.78. The van der Waals surface area contributed by atoms with Crippen molar-refractivity contribution in [2.24, 2.45) is 4.99 Å². The van der Waals surface area contributed by atoms with Gasteiger partial charge in [-0.2, -0.15) is 0 Å². The van der Waals surface area contributed by atoms with Crippen LogP contribution in [0.2, 0.25) is 5.02 Å². The number of aliphatic imine (C=N–C) groups is 1. The van der Waals surface area contributed by atoms with Crippen LogP contribution in [0.1, 0.15) is 36.1 Å². The summed E-state index contributed by atoms with van der Waals surface area (Å²) in [4.78, 5) is 7.23. The van der Waals surface area contributed by atoms with E-state index in [1.54, 1.807) is 6.07 Å². The highest BCUT2D eigenvalue weighted by Gasteiger charge is 2.31. The van der Waals surface area contributed by atoms with E-state index in [4.69, 9.17) is 16.6 Å². The Morgan fingerprint density at radius 1 is 0.661 bits per heavy atom. The molecule has 0 amide bonds. The van der Waals surface area contributed by atoms with Crippen molar-refractivity contribution in [3.63, 3.8) is 0 Å². The zero-order valence-electron chi connectivity index (χ0n) is 31.7. The van der Waals surface area contributed by atoms with Gasteiger partial charge in [-0.25, -0.2) is 0 Å². The van der Waals surface area contributed by atoms with E-state index in [0.717, 1.165) is 84.1 Å².